The lowest BCUT2D eigenvalue weighted by atomic mass is 10.1. The lowest BCUT2D eigenvalue weighted by molar-refractivity contribution is -0.117. The molecule has 0 fully saturated rings. The van der Waals surface area contributed by atoms with Gasteiger partial charge in [-0.25, -0.2) is 4.79 Å². The van der Waals surface area contributed by atoms with Crippen LogP contribution >= 0.6 is 0 Å². The molecule has 3 rings (SSSR count). The van der Waals surface area contributed by atoms with Crippen molar-refractivity contribution in [3.05, 3.63) is 66.4 Å². The highest BCUT2D eigenvalue weighted by molar-refractivity contribution is 5.91. The molecule has 6 nitrogen and oxygen atoms in total. The van der Waals surface area contributed by atoms with Gasteiger partial charge in [0.2, 0.25) is 5.91 Å². The van der Waals surface area contributed by atoms with E-state index in [1.807, 2.05) is 18.2 Å². The third kappa shape index (κ3) is 4.42. The van der Waals surface area contributed by atoms with Crippen LogP contribution < -0.4 is 16.4 Å². The smallest absolute Gasteiger partial charge is 0.319 e. The number of carbonyl (C=O) groups excluding carboxylic acids is 2. The Morgan fingerprint density at radius 2 is 1.77 bits per heavy atom. The van der Waals surface area contributed by atoms with Gasteiger partial charge in [-0.1, -0.05) is 36.4 Å². The topological polar surface area (TPSA) is 89.2 Å². The highest BCUT2D eigenvalue weighted by Gasteiger charge is 2.08. The molecule has 26 heavy (non-hydrogen) atoms. The third-order valence-electron chi connectivity index (χ3n) is 4.17. The number of benzene rings is 2. The standard InChI is InChI=1S/C20H22N4O2/c21-19(25)14-16-7-1-3-8-17(16)23-20(26)22-11-5-12-24-13-10-15-6-2-4-9-18(15)24/h1-4,6-10,13H,5,11-12,14H2,(H2,21,25)(H2,22,23,26). The van der Waals surface area contributed by atoms with Crippen LogP contribution in [0.1, 0.15) is 12.0 Å². The number of aromatic nitrogens is 1. The molecule has 0 saturated carbocycles. The van der Waals surface area contributed by atoms with Crippen molar-refractivity contribution in [3.63, 3.8) is 0 Å². The Hall–Kier alpha value is -3.28. The third-order valence-corrected chi connectivity index (χ3v) is 4.17. The molecule has 0 spiro atoms. The van der Waals surface area contributed by atoms with Gasteiger partial charge in [-0.2, -0.15) is 0 Å². The molecule has 0 aliphatic heterocycles. The minimum Gasteiger partial charge on any atom is -0.369 e. The van der Waals surface area contributed by atoms with E-state index in [0.717, 1.165) is 13.0 Å². The van der Waals surface area contributed by atoms with Gasteiger partial charge in [-0.05, 0) is 35.6 Å². The van der Waals surface area contributed by atoms with Gasteiger partial charge < -0.3 is 20.9 Å². The van der Waals surface area contributed by atoms with E-state index < -0.39 is 5.91 Å². The summed E-state index contributed by atoms with van der Waals surface area (Å²) >= 11 is 0. The number of primary amides is 1. The van der Waals surface area contributed by atoms with Crippen molar-refractivity contribution in [1.82, 2.24) is 9.88 Å². The molecular formula is C20H22N4O2. The molecule has 0 atom stereocenters. The predicted molar refractivity (Wildman–Crippen MR) is 103 cm³/mol. The Kier molecular flexibility index (Phi) is 5.53. The number of anilines is 1. The molecular weight excluding hydrogens is 328 g/mol. The van der Waals surface area contributed by atoms with Crippen molar-refractivity contribution >= 4 is 28.5 Å². The lowest BCUT2D eigenvalue weighted by Crippen LogP contribution is -2.30. The van der Waals surface area contributed by atoms with Crippen molar-refractivity contribution in [2.45, 2.75) is 19.4 Å². The summed E-state index contributed by atoms with van der Waals surface area (Å²) in [6, 6.07) is 17.2. The van der Waals surface area contributed by atoms with Crippen molar-refractivity contribution in [1.29, 1.82) is 0 Å². The first-order valence-electron chi connectivity index (χ1n) is 8.58. The summed E-state index contributed by atoms with van der Waals surface area (Å²) in [5.41, 5.74) is 7.73. The number of aryl methyl sites for hydroxylation is 1. The Balaban J connectivity index is 1.48. The Morgan fingerprint density at radius 1 is 1.00 bits per heavy atom. The van der Waals surface area contributed by atoms with Gasteiger partial charge in [0.1, 0.15) is 0 Å². The molecule has 3 aromatic rings. The van der Waals surface area contributed by atoms with Crippen LogP contribution in [0.15, 0.2) is 60.8 Å². The molecule has 0 unspecified atom stereocenters. The van der Waals surface area contributed by atoms with Crippen LogP contribution in [0.4, 0.5) is 10.5 Å². The zero-order chi connectivity index (χ0) is 18.4. The maximum atomic E-state index is 12.1. The second-order valence-corrected chi connectivity index (χ2v) is 6.10. The molecule has 0 radical (unpaired) electrons. The highest BCUT2D eigenvalue weighted by Crippen LogP contribution is 2.16. The first kappa shape index (κ1) is 17.5. The average Bonchev–Trinajstić information content (AvgIpc) is 3.03. The number of amides is 3. The van der Waals surface area contributed by atoms with Crippen molar-refractivity contribution in [2.75, 3.05) is 11.9 Å². The Morgan fingerprint density at radius 3 is 2.62 bits per heavy atom. The van der Waals surface area contributed by atoms with Crippen LogP contribution in [-0.4, -0.2) is 23.1 Å². The number of carbonyl (C=O) groups is 2. The molecule has 0 aliphatic rings. The largest absolute Gasteiger partial charge is 0.369 e. The Bertz CT molecular complexity index is 917. The van der Waals surface area contributed by atoms with E-state index in [1.165, 1.54) is 10.9 Å². The first-order chi connectivity index (χ1) is 12.6. The van der Waals surface area contributed by atoms with E-state index in [2.05, 4.69) is 39.6 Å². The van der Waals surface area contributed by atoms with Gasteiger partial charge in [0, 0.05) is 30.5 Å². The molecule has 0 bridgehead atoms. The summed E-state index contributed by atoms with van der Waals surface area (Å²) in [6.45, 7) is 1.38. The molecule has 6 heteroatoms. The fourth-order valence-corrected chi connectivity index (χ4v) is 2.94. The van der Waals surface area contributed by atoms with Gasteiger partial charge in [0.25, 0.3) is 0 Å². The molecule has 134 valence electrons. The minimum absolute atomic E-state index is 0.0944. The van der Waals surface area contributed by atoms with Gasteiger partial charge in [-0.15, -0.1) is 0 Å². The summed E-state index contributed by atoms with van der Waals surface area (Å²) in [5.74, 6) is -0.432. The van der Waals surface area contributed by atoms with E-state index >= 15 is 0 Å². The fourth-order valence-electron chi connectivity index (χ4n) is 2.94. The molecule has 3 amide bonds. The second-order valence-electron chi connectivity index (χ2n) is 6.10. The molecule has 4 N–H and O–H groups in total. The Labute approximate surface area is 152 Å². The summed E-state index contributed by atoms with van der Waals surface area (Å²) < 4.78 is 2.18. The SMILES string of the molecule is NC(=O)Cc1ccccc1NC(=O)NCCCn1ccc2ccccc21. The number of para-hydroxylation sites is 2. The van der Waals surface area contributed by atoms with Crippen molar-refractivity contribution < 1.29 is 9.59 Å². The monoisotopic (exact) mass is 350 g/mol. The number of rotatable bonds is 7. The molecule has 0 aliphatic carbocycles. The normalized spacial score (nSPS) is 10.6. The second kappa shape index (κ2) is 8.20. The van der Waals surface area contributed by atoms with E-state index in [9.17, 15) is 9.59 Å². The van der Waals surface area contributed by atoms with E-state index in [0.29, 0.717) is 17.8 Å². The molecule has 1 heterocycles. The van der Waals surface area contributed by atoms with Crippen LogP contribution in [-0.2, 0) is 17.8 Å². The van der Waals surface area contributed by atoms with Crippen LogP contribution in [0, 0.1) is 0 Å². The fraction of sp³-hybridized carbons (Fsp3) is 0.200. The zero-order valence-corrected chi connectivity index (χ0v) is 14.4. The predicted octanol–water partition coefficient (Wildman–Crippen LogP) is 2.88. The van der Waals surface area contributed by atoms with Gasteiger partial charge in [0.15, 0.2) is 0 Å². The van der Waals surface area contributed by atoms with Gasteiger partial charge in [-0.3, -0.25) is 4.79 Å². The van der Waals surface area contributed by atoms with E-state index in [-0.39, 0.29) is 12.5 Å². The average molecular weight is 350 g/mol. The summed E-state index contributed by atoms with van der Waals surface area (Å²) in [5, 5.41) is 6.83. The number of hydrogen-bond donors (Lipinski definition) is 3. The number of nitrogens with two attached hydrogens (primary N) is 1. The van der Waals surface area contributed by atoms with Crippen molar-refractivity contribution in [3.8, 4) is 0 Å². The van der Waals surface area contributed by atoms with Crippen LogP contribution in [0.3, 0.4) is 0 Å². The maximum absolute atomic E-state index is 12.1. The maximum Gasteiger partial charge on any atom is 0.319 e. The van der Waals surface area contributed by atoms with E-state index in [4.69, 9.17) is 5.73 Å². The number of nitrogens with zero attached hydrogens (tertiary/aromatic N) is 1. The summed E-state index contributed by atoms with van der Waals surface area (Å²) in [6.07, 6.45) is 2.97. The van der Waals surface area contributed by atoms with Crippen molar-refractivity contribution in [2.24, 2.45) is 5.73 Å². The van der Waals surface area contributed by atoms with Gasteiger partial charge in [0.05, 0.1) is 6.42 Å². The van der Waals surface area contributed by atoms with Crippen LogP contribution in [0.25, 0.3) is 10.9 Å². The number of urea groups is 1. The molecule has 2 aromatic carbocycles. The first-order valence-corrected chi connectivity index (χ1v) is 8.58. The van der Waals surface area contributed by atoms with Crippen LogP contribution in [0.5, 0.6) is 0 Å². The molecule has 0 saturated heterocycles. The number of fused-ring (bicyclic) bond motifs is 1. The van der Waals surface area contributed by atoms with Gasteiger partial charge >= 0.3 is 6.03 Å². The number of hydrogen-bond acceptors (Lipinski definition) is 2. The minimum atomic E-state index is -0.432. The summed E-state index contributed by atoms with van der Waals surface area (Å²) in [7, 11) is 0. The van der Waals surface area contributed by atoms with Crippen LogP contribution in [0.2, 0.25) is 0 Å². The summed E-state index contributed by atoms with van der Waals surface area (Å²) in [4.78, 5) is 23.2. The quantitative estimate of drug-likeness (QED) is 0.572. The zero-order valence-electron chi connectivity index (χ0n) is 14.4. The highest BCUT2D eigenvalue weighted by atomic mass is 16.2. The number of nitrogens with one attached hydrogen (secondary N) is 2. The lowest BCUT2D eigenvalue weighted by Gasteiger charge is -2.11. The van der Waals surface area contributed by atoms with E-state index in [1.54, 1.807) is 18.2 Å². The molecule has 1 aromatic heterocycles.